The summed E-state index contributed by atoms with van der Waals surface area (Å²) in [6, 6.07) is 4.18. The summed E-state index contributed by atoms with van der Waals surface area (Å²) in [5.41, 5.74) is 0.0691. The summed E-state index contributed by atoms with van der Waals surface area (Å²) in [6.07, 6.45) is -1.12. The van der Waals surface area contributed by atoms with E-state index in [1.807, 2.05) is 0 Å². The standard InChI is InChI=1S/C14H17Cl3N4O4S/c1-7(2)11(22)19-12(14(15,16)17)20-13(26)18-8-4-5-10(25-3)9(6-8)21(23)24/h4-7,12H,1-3H3,(H,19,22)(H2,18,20,26)/t12-/m1/s1. The Morgan fingerprint density at radius 2 is 1.92 bits per heavy atom. The van der Waals surface area contributed by atoms with Crippen LogP contribution in [0.3, 0.4) is 0 Å². The molecule has 144 valence electrons. The third kappa shape index (κ3) is 6.64. The molecule has 1 aromatic rings. The molecule has 0 saturated heterocycles. The van der Waals surface area contributed by atoms with E-state index in [0.29, 0.717) is 5.69 Å². The number of anilines is 1. The molecule has 0 unspecified atom stereocenters. The van der Waals surface area contributed by atoms with Gasteiger partial charge in [0.2, 0.25) is 9.70 Å². The Bertz CT molecular complexity index is 697. The molecular formula is C14H17Cl3N4O4S. The zero-order valence-electron chi connectivity index (χ0n) is 14.0. The summed E-state index contributed by atoms with van der Waals surface area (Å²) in [7, 11) is 1.32. The van der Waals surface area contributed by atoms with Crippen LogP contribution in [0.25, 0.3) is 0 Å². The third-order valence-corrected chi connectivity index (χ3v) is 3.92. The second kappa shape index (κ2) is 9.40. The first-order valence-corrected chi connectivity index (χ1v) is 8.77. The number of carbonyl (C=O) groups is 1. The Balaban J connectivity index is 2.90. The quantitative estimate of drug-likeness (QED) is 0.203. The number of nitrogens with one attached hydrogen (secondary N) is 3. The number of nitro benzene ring substituents is 1. The van der Waals surface area contributed by atoms with Gasteiger partial charge in [0.25, 0.3) is 0 Å². The van der Waals surface area contributed by atoms with Crippen LogP contribution < -0.4 is 20.7 Å². The molecule has 0 saturated carbocycles. The first-order chi connectivity index (χ1) is 12.0. The van der Waals surface area contributed by atoms with Crippen molar-refractivity contribution in [1.29, 1.82) is 0 Å². The maximum absolute atomic E-state index is 11.9. The molecule has 0 aliphatic heterocycles. The van der Waals surface area contributed by atoms with Crippen molar-refractivity contribution in [3.63, 3.8) is 0 Å². The molecule has 0 spiro atoms. The van der Waals surface area contributed by atoms with Crippen LogP contribution in [0.2, 0.25) is 0 Å². The number of ether oxygens (including phenoxy) is 1. The molecule has 12 heteroatoms. The molecule has 26 heavy (non-hydrogen) atoms. The minimum absolute atomic E-state index is 0.00940. The maximum Gasteiger partial charge on any atom is 0.312 e. The summed E-state index contributed by atoms with van der Waals surface area (Å²) in [5, 5.41) is 19.0. The average Bonchev–Trinajstić information content (AvgIpc) is 2.52. The van der Waals surface area contributed by atoms with Crippen LogP contribution in [0, 0.1) is 16.0 Å². The van der Waals surface area contributed by atoms with E-state index in [1.165, 1.54) is 25.3 Å². The Kier molecular flexibility index (Phi) is 8.14. The molecule has 3 N–H and O–H groups in total. The lowest BCUT2D eigenvalue weighted by Crippen LogP contribution is -2.56. The van der Waals surface area contributed by atoms with Crippen LogP contribution in [0.5, 0.6) is 5.75 Å². The highest BCUT2D eigenvalue weighted by atomic mass is 35.6. The van der Waals surface area contributed by atoms with Gasteiger partial charge in [0.05, 0.1) is 12.0 Å². The summed E-state index contributed by atoms with van der Waals surface area (Å²) >= 11 is 22.7. The van der Waals surface area contributed by atoms with E-state index in [4.69, 9.17) is 51.8 Å². The number of rotatable bonds is 6. The van der Waals surface area contributed by atoms with Gasteiger partial charge in [-0.2, -0.15) is 0 Å². The lowest BCUT2D eigenvalue weighted by molar-refractivity contribution is -0.385. The summed E-state index contributed by atoms with van der Waals surface area (Å²) in [4.78, 5) is 22.3. The highest BCUT2D eigenvalue weighted by Gasteiger charge is 2.35. The van der Waals surface area contributed by atoms with Gasteiger partial charge in [-0.15, -0.1) is 0 Å². The van der Waals surface area contributed by atoms with Gasteiger partial charge >= 0.3 is 5.69 Å². The highest BCUT2D eigenvalue weighted by molar-refractivity contribution is 7.80. The van der Waals surface area contributed by atoms with E-state index in [-0.39, 0.29) is 28.4 Å². The van der Waals surface area contributed by atoms with E-state index in [9.17, 15) is 14.9 Å². The van der Waals surface area contributed by atoms with Crippen molar-refractivity contribution in [3.05, 3.63) is 28.3 Å². The van der Waals surface area contributed by atoms with Crippen molar-refractivity contribution in [2.45, 2.75) is 23.8 Å². The van der Waals surface area contributed by atoms with Crippen molar-refractivity contribution in [2.24, 2.45) is 5.92 Å². The zero-order valence-corrected chi connectivity index (χ0v) is 17.1. The molecule has 1 atom stereocenters. The number of methoxy groups -OCH3 is 1. The number of benzene rings is 1. The number of hydrogen-bond acceptors (Lipinski definition) is 5. The Morgan fingerprint density at radius 1 is 1.31 bits per heavy atom. The molecule has 8 nitrogen and oxygen atoms in total. The van der Waals surface area contributed by atoms with E-state index < -0.39 is 14.9 Å². The number of nitro groups is 1. The van der Waals surface area contributed by atoms with Crippen LogP contribution in [0.15, 0.2) is 18.2 Å². The first kappa shape index (κ1) is 22.5. The van der Waals surface area contributed by atoms with Crippen molar-refractivity contribution in [3.8, 4) is 5.75 Å². The van der Waals surface area contributed by atoms with Crippen LogP contribution in [0.1, 0.15) is 13.8 Å². The van der Waals surface area contributed by atoms with Crippen LogP contribution in [-0.2, 0) is 4.79 Å². The van der Waals surface area contributed by atoms with Gasteiger partial charge in [0.1, 0.15) is 6.17 Å². The van der Waals surface area contributed by atoms with Crippen molar-refractivity contribution in [1.82, 2.24) is 10.6 Å². The number of amides is 1. The number of hydrogen-bond donors (Lipinski definition) is 3. The van der Waals surface area contributed by atoms with Gasteiger partial charge < -0.3 is 20.7 Å². The molecule has 0 radical (unpaired) electrons. The van der Waals surface area contributed by atoms with Crippen molar-refractivity contribution in [2.75, 3.05) is 12.4 Å². The summed E-state index contributed by atoms with van der Waals surface area (Å²) in [5.74, 6) is -0.586. The summed E-state index contributed by atoms with van der Waals surface area (Å²) in [6.45, 7) is 3.36. The largest absolute Gasteiger partial charge is 0.490 e. The monoisotopic (exact) mass is 442 g/mol. The van der Waals surface area contributed by atoms with Crippen LogP contribution in [0.4, 0.5) is 11.4 Å². The van der Waals surface area contributed by atoms with E-state index >= 15 is 0 Å². The van der Waals surface area contributed by atoms with Gasteiger partial charge in [-0.05, 0) is 24.4 Å². The van der Waals surface area contributed by atoms with E-state index in [1.54, 1.807) is 13.8 Å². The average molecular weight is 444 g/mol. The first-order valence-electron chi connectivity index (χ1n) is 7.22. The molecule has 0 aliphatic rings. The highest BCUT2D eigenvalue weighted by Crippen LogP contribution is 2.31. The smallest absolute Gasteiger partial charge is 0.312 e. The molecule has 1 rings (SSSR count). The molecule has 1 amide bonds. The van der Waals surface area contributed by atoms with Crippen molar-refractivity contribution < 1.29 is 14.5 Å². The predicted octanol–water partition coefficient (Wildman–Crippen LogP) is 3.36. The van der Waals surface area contributed by atoms with Crippen LogP contribution in [-0.4, -0.2) is 33.0 Å². The predicted molar refractivity (Wildman–Crippen MR) is 106 cm³/mol. The third-order valence-electron chi connectivity index (χ3n) is 3.05. The van der Waals surface area contributed by atoms with Gasteiger partial charge in [-0.3, -0.25) is 14.9 Å². The second-order valence-corrected chi connectivity index (χ2v) is 8.16. The molecule has 0 aliphatic carbocycles. The fourth-order valence-electron chi connectivity index (χ4n) is 1.72. The number of thiocarbonyl (C=S) groups is 1. The SMILES string of the molecule is COc1ccc(NC(=S)N[C@@H](NC(=O)C(C)C)C(Cl)(Cl)Cl)cc1[N+](=O)[O-]. The van der Waals surface area contributed by atoms with Gasteiger partial charge in [0.15, 0.2) is 10.9 Å². The fraction of sp³-hybridized carbons (Fsp3) is 0.429. The minimum Gasteiger partial charge on any atom is -0.490 e. The molecular weight excluding hydrogens is 427 g/mol. The molecule has 0 heterocycles. The van der Waals surface area contributed by atoms with Gasteiger partial charge in [-0.1, -0.05) is 48.7 Å². The lowest BCUT2D eigenvalue weighted by Gasteiger charge is -2.28. The lowest BCUT2D eigenvalue weighted by atomic mass is 10.2. The minimum atomic E-state index is -1.89. The zero-order chi connectivity index (χ0) is 20.1. The maximum atomic E-state index is 11.9. The van der Waals surface area contributed by atoms with Crippen molar-refractivity contribution >= 4 is 69.4 Å². The Labute approximate surface area is 170 Å². The van der Waals surface area contributed by atoms with Crippen LogP contribution >= 0.6 is 47.0 Å². The Morgan fingerprint density at radius 3 is 2.38 bits per heavy atom. The summed E-state index contributed by atoms with van der Waals surface area (Å²) < 4.78 is 3.04. The topological polar surface area (TPSA) is 106 Å². The Hall–Kier alpha value is -1.55. The van der Waals surface area contributed by atoms with Gasteiger partial charge in [-0.25, -0.2) is 0 Å². The molecule has 0 bridgehead atoms. The second-order valence-electron chi connectivity index (χ2n) is 5.38. The normalized spacial score (nSPS) is 12.3. The molecule has 1 aromatic carbocycles. The fourth-order valence-corrected chi connectivity index (χ4v) is 2.28. The number of nitrogens with zero attached hydrogens (tertiary/aromatic N) is 1. The van der Waals surface area contributed by atoms with E-state index in [0.717, 1.165) is 0 Å². The molecule has 0 fully saturated rings. The van der Waals surface area contributed by atoms with Gasteiger partial charge in [0, 0.05) is 17.7 Å². The molecule has 0 aromatic heterocycles. The van der Waals surface area contributed by atoms with E-state index in [2.05, 4.69) is 16.0 Å². The number of halogens is 3. The number of carbonyl (C=O) groups excluding carboxylic acids is 1. The number of alkyl halides is 3.